The van der Waals surface area contributed by atoms with E-state index in [1.165, 1.54) is 290 Å². The SMILES string of the molecule is CCCCCCCCCCCC=CC1=C(c2cccc(CCCC)c2)[N+](=[N-])C(c2cccc(CCCC)c2)=C1.CCCCCCCCCCCCCCC[CH2][Ni][CH2]CCCCCCCCCCCCCCC. The van der Waals surface area contributed by atoms with E-state index in [1.54, 1.807) is 0 Å². The van der Waals surface area contributed by atoms with E-state index in [-0.39, 0.29) is 0 Å². The van der Waals surface area contributed by atoms with E-state index >= 15 is 0 Å². The van der Waals surface area contributed by atoms with Crippen molar-refractivity contribution in [3.8, 4) is 0 Å². The van der Waals surface area contributed by atoms with Crippen molar-refractivity contribution >= 4 is 11.4 Å². The van der Waals surface area contributed by atoms with Crippen LogP contribution in [0.5, 0.6) is 0 Å². The molecule has 2 aromatic carbocycles. The standard InChI is InChI=1S/C37H52N2.2C16H33.Ni/c1-4-7-10-11-12-13-14-15-16-17-18-25-35-30-36(33-26-19-23-31(28-33)21-8-5-2)39(38)37(35)34-27-20-24-32(29-34)22-9-6-3;2*1-3-5-7-9-11-13-15-16-14-12-10-8-6-4-2;/h18-20,23-30H,4-17,21-22H2,1-3H3;2*1,3-16H2,2H3;. The molecule has 0 bridgehead atoms. The molecular formula is C69H118N2Ni. The van der Waals surface area contributed by atoms with Gasteiger partial charge < -0.3 is 5.53 Å². The minimum atomic E-state index is 0.866. The van der Waals surface area contributed by atoms with Crippen LogP contribution in [0.25, 0.3) is 16.9 Å². The molecule has 0 saturated heterocycles. The Bertz CT molecular complexity index is 1600. The van der Waals surface area contributed by atoms with E-state index < -0.39 is 0 Å². The molecule has 0 amide bonds. The number of aryl methyl sites for hydroxylation is 2. The first-order valence-electron chi connectivity index (χ1n) is 31.8. The first kappa shape index (κ1) is 65.9. The van der Waals surface area contributed by atoms with Crippen LogP contribution in [-0.4, -0.2) is 4.70 Å². The summed E-state index contributed by atoms with van der Waals surface area (Å²) in [6, 6.07) is 17.4. The van der Waals surface area contributed by atoms with Crippen molar-refractivity contribution in [2.75, 3.05) is 0 Å². The minimum absolute atomic E-state index is 0.866. The Morgan fingerprint density at radius 1 is 0.389 bits per heavy atom. The Labute approximate surface area is 456 Å². The smallest absolute Gasteiger partial charge is 0.0654 e. The number of nitrogens with zero attached hydrogens (tertiary/aromatic N) is 2. The number of hydrogen-bond donors (Lipinski definition) is 0. The van der Waals surface area contributed by atoms with Gasteiger partial charge in [-0.15, -0.1) is 0 Å². The number of hydrogen-bond acceptors (Lipinski definition) is 0. The van der Waals surface area contributed by atoms with Crippen LogP contribution in [0.2, 0.25) is 10.8 Å². The molecule has 0 radical (unpaired) electrons. The fourth-order valence-electron chi connectivity index (χ4n) is 10.2. The molecule has 0 atom stereocenters. The van der Waals surface area contributed by atoms with Gasteiger partial charge in [-0.3, -0.25) is 0 Å². The molecular weight excluding hydrogens is 915 g/mol. The molecule has 3 heteroatoms. The molecule has 0 unspecified atom stereocenters. The Balaban J connectivity index is 0.000000502. The minimum Gasteiger partial charge on any atom is -0.0654 e. The zero-order valence-corrected chi connectivity index (χ0v) is 49.6. The second-order valence-corrected chi connectivity index (χ2v) is 23.4. The van der Waals surface area contributed by atoms with Crippen LogP contribution in [0.15, 0.2) is 72.3 Å². The van der Waals surface area contributed by atoms with Gasteiger partial charge in [-0.2, -0.15) is 0 Å². The number of rotatable bonds is 49. The van der Waals surface area contributed by atoms with Crippen molar-refractivity contribution in [3.05, 3.63) is 100 Å². The topological polar surface area (TPSA) is 25.3 Å². The van der Waals surface area contributed by atoms with Crippen LogP contribution >= 0.6 is 0 Å². The monoisotopic (exact) mass is 1030 g/mol. The summed E-state index contributed by atoms with van der Waals surface area (Å²) in [5.41, 5.74) is 19.2. The maximum absolute atomic E-state index is 11.5. The van der Waals surface area contributed by atoms with Gasteiger partial charge in [0.25, 0.3) is 0 Å². The predicted octanol–water partition coefficient (Wildman–Crippen LogP) is 24.5. The summed E-state index contributed by atoms with van der Waals surface area (Å²) < 4.78 is 1.43. The summed E-state index contributed by atoms with van der Waals surface area (Å²) in [5.74, 6) is 0. The van der Waals surface area contributed by atoms with E-state index in [4.69, 9.17) is 0 Å². The molecule has 0 aliphatic carbocycles. The summed E-state index contributed by atoms with van der Waals surface area (Å²) in [5, 5.41) is 2.87. The summed E-state index contributed by atoms with van der Waals surface area (Å²) in [4.78, 5) is 0. The van der Waals surface area contributed by atoms with Crippen LogP contribution in [0.4, 0.5) is 0 Å². The van der Waals surface area contributed by atoms with Gasteiger partial charge in [-0.1, -0.05) is 174 Å². The first-order chi connectivity index (χ1) is 35.6. The molecule has 0 fully saturated rings. The van der Waals surface area contributed by atoms with E-state index in [1.807, 2.05) is 14.4 Å². The number of allylic oxidation sites excluding steroid dienone is 4. The normalized spacial score (nSPS) is 12.7. The van der Waals surface area contributed by atoms with Crippen LogP contribution < -0.4 is 0 Å². The molecule has 1 aliphatic heterocycles. The molecule has 414 valence electrons. The van der Waals surface area contributed by atoms with Crippen molar-refractivity contribution in [3.63, 3.8) is 0 Å². The Kier molecular flexibility index (Phi) is 45.4. The summed E-state index contributed by atoms with van der Waals surface area (Å²) >= 11 is 2.04. The Morgan fingerprint density at radius 2 is 0.722 bits per heavy atom. The second kappa shape index (κ2) is 49.6. The fraction of sp³-hybridized carbons (Fsp3) is 0.739. The van der Waals surface area contributed by atoms with Gasteiger partial charge in [0.2, 0.25) is 11.4 Å². The molecule has 0 aromatic heterocycles. The van der Waals surface area contributed by atoms with Gasteiger partial charge in [-0.25, -0.2) is 4.70 Å². The molecule has 0 N–H and O–H groups in total. The van der Waals surface area contributed by atoms with E-state index in [0.717, 1.165) is 47.4 Å². The van der Waals surface area contributed by atoms with E-state index in [9.17, 15) is 5.53 Å². The predicted molar refractivity (Wildman–Crippen MR) is 320 cm³/mol. The second-order valence-electron chi connectivity index (χ2n) is 21.9. The van der Waals surface area contributed by atoms with Gasteiger partial charge in [0.15, 0.2) is 0 Å². The van der Waals surface area contributed by atoms with E-state index in [0.29, 0.717) is 0 Å². The molecule has 2 aromatic rings. The molecule has 1 aliphatic rings. The molecule has 72 heavy (non-hydrogen) atoms. The third kappa shape index (κ3) is 35.1. The number of unbranched alkanes of at least 4 members (excludes halogenated alkanes) is 37. The molecule has 2 nitrogen and oxygen atoms in total. The van der Waals surface area contributed by atoms with Gasteiger partial charge >= 0.3 is 166 Å². The molecule has 1 heterocycles. The molecule has 0 spiro atoms. The zero-order valence-electron chi connectivity index (χ0n) is 48.6. The third-order valence-corrected chi connectivity index (χ3v) is 16.4. The fourth-order valence-corrected chi connectivity index (χ4v) is 11.5. The average molecular weight is 1030 g/mol. The summed E-state index contributed by atoms with van der Waals surface area (Å²) in [6.07, 6.45) is 68.1. The van der Waals surface area contributed by atoms with Gasteiger partial charge in [0.1, 0.15) is 0 Å². The van der Waals surface area contributed by atoms with Crippen LogP contribution in [-0.2, 0) is 27.3 Å². The van der Waals surface area contributed by atoms with Gasteiger partial charge in [0, 0.05) is 17.2 Å². The van der Waals surface area contributed by atoms with Crippen molar-refractivity contribution < 1.29 is 19.1 Å². The average Bonchev–Trinajstić information content (AvgIpc) is 3.73. The first-order valence-corrected chi connectivity index (χ1v) is 33.2. The van der Waals surface area contributed by atoms with E-state index in [2.05, 4.69) is 101 Å². The Morgan fingerprint density at radius 3 is 1.11 bits per heavy atom. The van der Waals surface area contributed by atoms with Crippen molar-refractivity contribution in [1.29, 1.82) is 0 Å². The van der Waals surface area contributed by atoms with Crippen molar-refractivity contribution in [2.45, 2.75) is 328 Å². The van der Waals surface area contributed by atoms with Crippen LogP contribution in [0.1, 0.15) is 327 Å². The van der Waals surface area contributed by atoms with Gasteiger partial charge in [-0.05, 0) is 73.9 Å². The van der Waals surface area contributed by atoms with Crippen LogP contribution in [0.3, 0.4) is 0 Å². The van der Waals surface area contributed by atoms with Gasteiger partial charge in [0.05, 0.1) is 5.57 Å². The zero-order chi connectivity index (χ0) is 51.6. The molecule has 0 saturated carbocycles. The summed E-state index contributed by atoms with van der Waals surface area (Å²) in [6.45, 7) is 11.4. The quantitative estimate of drug-likeness (QED) is 0.0359. The maximum atomic E-state index is 11.5. The molecule has 3 rings (SSSR count). The van der Waals surface area contributed by atoms with Crippen molar-refractivity contribution in [2.24, 2.45) is 0 Å². The Hall–Kier alpha value is -2.25. The summed E-state index contributed by atoms with van der Waals surface area (Å²) in [7, 11) is 0. The van der Waals surface area contributed by atoms with Crippen molar-refractivity contribution in [1.82, 2.24) is 0 Å². The third-order valence-electron chi connectivity index (χ3n) is 15.0. The van der Waals surface area contributed by atoms with Crippen LogP contribution in [0, 0.1) is 0 Å². The number of benzene rings is 2.